The van der Waals surface area contributed by atoms with Crippen LogP contribution in [0.15, 0.2) is 36.2 Å². The van der Waals surface area contributed by atoms with Crippen LogP contribution in [-0.4, -0.2) is 61.9 Å². The molecule has 1 aliphatic heterocycles. The molecule has 1 fully saturated rings. The summed E-state index contributed by atoms with van der Waals surface area (Å²) in [4.78, 5) is 27.8. The van der Waals surface area contributed by atoms with E-state index < -0.39 is 0 Å². The van der Waals surface area contributed by atoms with Crippen molar-refractivity contribution < 1.29 is 14.3 Å². The zero-order valence-corrected chi connectivity index (χ0v) is 15.0. The van der Waals surface area contributed by atoms with Gasteiger partial charge in [0.05, 0.1) is 0 Å². The molecular weight excluding hydrogens is 320 g/mol. The van der Waals surface area contributed by atoms with Crippen LogP contribution in [0.1, 0.15) is 22.3 Å². The molecule has 136 valence electrons. The molecule has 0 unspecified atom stereocenters. The van der Waals surface area contributed by atoms with Crippen LogP contribution in [-0.2, 0) is 16.1 Å². The highest BCUT2D eigenvalue weighted by atomic mass is 16.5. The van der Waals surface area contributed by atoms with E-state index in [1.165, 1.54) is 13.3 Å². The van der Waals surface area contributed by atoms with Gasteiger partial charge in [-0.3, -0.25) is 9.59 Å². The van der Waals surface area contributed by atoms with Gasteiger partial charge in [0.2, 0.25) is 0 Å². The zero-order chi connectivity index (χ0) is 18.4. The first kappa shape index (κ1) is 18.8. The molecular formula is C18H26N4O3. The normalized spacial score (nSPS) is 17.7. The minimum absolute atomic E-state index is 0.0128. The zero-order valence-electron chi connectivity index (χ0n) is 15.0. The second kappa shape index (κ2) is 8.53. The maximum atomic E-state index is 12.5. The molecule has 0 spiro atoms. The topological polar surface area (TPSA) is 87.9 Å². The fraction of sp³-hybridized carbons (Fsp3) is 0.444. The quantitative estimate of drug-likeness (QED) is 0.579. The fourth-order valence-electron chi connectivity index (χ4n) is 2.70. The Morgan fingerprint density at radius 3 is 2.60 bits per heavy atom. The number of hydrogen-bond donors (Lipinski definition) is 2. The standard InChI is InChI=1S/C18H26N4O3/c1-20-17(23)16(19)12-25-11-13-4-6-14(7-5-13)18(24)22-9-8-15(10-22)21(2)3/h4-7,12,15H,8-11,19H2,1-3H3,(H,20,23)/b16-12-/t15-/m1/s1. The van der Waals surface area contributed by atoms with Crippen molar-refractivity contribution in [3.8, 4) is 0 Å². The number of amides is 2. The van der Waals surface area contributed by atoms with Gasteiger partial charge in [-0.25, -0.2) is 0 Å². The van der Waals surface area contributed by atoms with Gasteiger partial charge in [-0.1, -0.05) is 12.1 Å². The molecule has 0 bridgehead atoms. The molecule has 1 aromatic carbocycles. The lowest BCUT2D eigenvalue weighted by Crippen LogP contribution is -2.34. The fourth-order valence-corrected chi connectivity index (χ4v) is 2.70. The first-order valence-electron chi connectivity index (χ1n) is 8.26. The van der Waals surface area contributed by atoms with Crippen LogP contribution in [0.2, 0.25) is 0 Å². The van der Waals surface area contributed by atoms with Gasteiger partial charge in [0.1, 0.15) is 18.6 Å². The van der Waals surface area contributed by atoms with Crippen LogP contribution >= 0.6 is 0 Å². The van der Waals surface area contributed by atoms with Crippen molar-refractivity contribution in [1.29, 1.82) is 0 Å². The van der Waals surface area contributed by atoms with E-state index >= 15 is 0 Å². The average Bonchev–Trinajstić information content (AvgIpc) is 3.11. The molecule has 7 nitrogen and oxygen atoms in total. The summed E-state index contributed by atoms with van der Waals surface area (Å²) < 4.78 is 5.30. The summed E-state index contributed by atoms with van der Waals surface area (Å²) in [6.07, 6.45) is 2.23. The van der Waals surface area contributed by atoms with E-state index in [9.17, 15) is 9.59 Å². The van der Waals surface area contributed by atoms with E-state index in [0.717, 1.165) is 25.1 Å². The van der Waals surface area contributed by atoms with Gasteiger partial charge in [0.25, 0.3) is 11.8 Å². The molecule has 7 heteroatoms. The Morgan fingerprint density at radius 2 is 2.04 bits per heavy atom. The van der Waals surface area contributed by atoms with Crippen molar-refractivity contribution in [1.82, 2.24) is 15.1 Å². The van der Waals surface area contributed by atoms with Crippen LogP contribution < -0.4 is 11.1 Å². The number of nitrogens with zero attached hydrogens (tertiary/aromatic N) is 2. The average molecular weight is 346 g/mol. The molecule has 0 radical (unpaired) electrons. The second-order valence-electron chi connectivity index (χ2n) is 6.32. The Kier molecular flexibility index (Phi) is 6.41. The molecule has 1 aromatic rings. The van der Waals surface area contributed by atoms with E-state index in [2.05, 4.69) is 10.2 Å². The highest BCUT2D eigenvalue weighted by Crippen LogP contribution is 2.17. The number of rotatable bonds is 6. The molecule has 1 heterocycles. The van der Waals surface area contributed by atoms with E-state index in [-0.39, 0.29) is 24.1 Å². The molecule has 25 heavy (non-hydrogen) atoms. The van der Waals surface area contributed by atoms with Crippen molar-refractivity contribution in [3.63, 3.8) is 0 Å². The van der Waals surface area contributed by atoms with Gasteiger partial charge in [0, 0.05) is 31.7 Å². The Hall–Kier alpha value is -2.54. The Labute approximate surface area is 148 Å². The highest BCUT2D eigenvalue weighted by Gasteiger charge is 2.27. The Balaban J connectivity index is 1.89. The summed E-state index contributed by atoms with van der Waals surface area (Å²) >= 11 is 0. The molecule has 0 saturated carbocycles. The number of likely N-dealkylation sites (tertiary alicyclic amines) is 1. The lowest BCUT2D eigenvalue weighted by Gasteiger charge is -2.20. The van der Waals surface area contributed by atoms with Crippen molar-refractivity contribution in [3.05, 3.63) is 47.4 Å². The van der Waals surface area contributed by atoms with Crippen molar-refractivity contribution >= 4 is 11.8 Å². The molecule has 0 aliphatic carbocycles. The van der Waals surface area contributed by atoms with Crippen LogP contribution in [0, 0.1) is 0 Å². The van der Waals surface area contributed by atoms with Crippen molar-refractivity contribution in [2.24, 2.45) is 5.73 Å². The predicted molar refractivity (Wildman–Crippen MR) is 95.6 cm³/mol. The van der Waals surface area contributed by atoms with Crippen LogP contribution in [0.3, 0.4) is 0 Å². The summed E-state index contributed by atoms with van der Waals surface area (Å²) in [5.41, 5.74) is 7.10. The third-order valence-corrected chi connectivity index (χ3v) is 4.33. The maximum Gasteiger partial charge on any atom is 0.270 e. The van der Waals surface area contributed by atoms with E-state index in [1.54, 1.807) is 12.1 Å². The minimum atomic E-state index is -0.386. The maximum absolute atomic E-state index is 12.5. The largest absolute Gasteiger partial charge is 0.494 e. The summed E-state index contributed by atoms with van der Waals surface area (Å²) in [7, 11) is 5.58. The number of nitrogens with two attached hydrogens (primary N) is 1. The number of carbonyl (C=O) groups excluding carboxylic acids is 2. The van der Waals surface area contributed by atoms with E-state index in [4.69, 9.17) is 10.5 Å². The van der Waals surface area contributed by atoms with Gasteiger partial charge < -0.3 is 25.6 Å². The van der Waals surface area contributed by atoms with Crippen molar-refractivity contribution in [2.45, 2.75) is 19.1 Å². The molecule has 1 aliphatic rings. The predicted octanol–water partition coefficient (Wildman–Crippen LogP) is 0.525. The molecule has 2 amide bonds. The number of carbonyl (C=O) groups is 2. The second-order valence-corrected chi connectivity index (χ2v) is 6.32. The lowest BCUT2D eigenvalue weighted by molar-refractivity contribution is -0.117. The number of ether oxygens (including phenoxy) is 1. The number of hydrogen-bond acceptors (Lipinski definition) is 5. The monoisotopic (exact) mass is 346 g/mol. The van der Waals surface area contributed by atoms with Gasteiger partial charge >= 0.3 is 0 Å². The van der Waals surface area contributed by atoms with E-state index in [0.29, 0.717) is 11.6 Å². The van der Waals surface area contributed by atoms with Crippen LogP contribution in [0.4, 0.5) is 0 Å². The van der Waals surface area contributed by atoms with E-state index in [1.807, 2.05) is 31.1 Å². The number of benzene rings is 1. The molecule has 3 N–H and O–H groups in total. The molecule has 1 saturated heterocycles. The number of likely N-dealkylation sites (N-methyl/N-ethyl adjacent to an activating group) is 2. The Bertz CT molecular complexity index is 640. The van der Waals surface area contributed by atoms with Gasteiger partial charge in [0.15, 0.2) is 0 Å². The SMILES string of the molecule is CNC(=O)/C(N)=C/OCc1ccc(C(=O)N2CC[C@@H](N(C)C)C2)cc1. The van der Waals surface area contributed by atoms with Crippen molar-refractivity contribution in [2.75, 3.05) is 34.2 Å². The number of nitrogens with one attached hydrogen (secondary N) is 1. The first-order valence-corrected chi connectivity index (χ1v) is 8.26. The third kappa shape index (κ3) is 4.96. The van der Waals surface area contributed by atoms with Gasteiger partial charge in [-0.2, -0.15) is 0 Å². The first-order chi connectivity index (χ1) is 11.9. The Morgan fingerprint density at radius 1 is 1.36 bits per heavy atom. The summed E-state index contributed by atoms with van der Waals surface area (Å²) in [6, 6.07) is 7.72. The lowest BCUT2D eigenvalue weighted by atomic mass is 10.1. The van der Waals surface area contributed by atoms with Gasteiger partial charge in [-0.05, 0) is 38.2 Å². The smallest absolute Gasteiger partial charge is 0.270 e. The van der Waals surface area contributed by atoms with Crippen LogP contribution in [0.5, 0.6) is 0 Å². The summed E-state index contributed by atoms with van der Waals surface area (Å²) in [6.45, 7) is 1.83. The summed E-state index contributed by atoms with van der Waals surface area (Å²) in [5, 5.41) is 2.41. The summed E-state index contributed by atoms with van der Waals surface area (Å²) in [5.74, 6) is -0.330. The molecule has 2 rings (SSSR count). The highest BCUT2D eigenvalue weighted by molar-refractivity contribution is 5.94. The van der Waals surface area contributed by atoms with Gasteiger partial charge in [-0.15, -0.1) is 0 Å². The third-order valence-electron chi connectivity index (χ3n) is 4.33. The molecule has 0 aromatic heterocycles. The molecule has 1 atom stereocenters. The van der Waals surface area contributed by atoms with Crippen LogP contribution in [0.25, 0.3) is 0 Å². The minimum Gasteiger partial charge on any atom is -0.494 e.